The smallest absolute Gasteiger partial charge is 0.291 e. The highest BCUT2D eigenvalue weighted by molar-refractivity contribution is 7.22. The van der Waals surface area contributed by atoms with Gasteiger partial charge >= 0.3 is 0 Å². The number of aromatic nitrogens is 1. The van der Waals surface area contributed by atoms with E-state index in [9.17, 15) is 9.59 Å². The van der Waals surface area contributed by atoms with E-state index in [4.69, 9.17) is 27.6 Å². The molecule has 0 bridgehead atoms. The van der Waals surface area contributed by atoms with Gasteiger partial charge in [0.1, 0.15) is 5.76 Å². The standard InChI is InChI=1S/C22H17Cl2N3O3S/c1-2-3-20(28)27-22-26-16-7-5-13(11-19(16)31-22)25-21(29)18-9-8-17(30-18)12-4-6-14(23)15(24)10-12/h4-11H,2-3H2,1H3,(H,25,29)(H,26,27,28). The number of carbonyl (C=O) groups excluding carboxylic acids is 2. The molecule has 2 N–H and O–H groups in total. The molecular weight excluding hydrogens is 457 g/mol. The zero-order valence-corrected chi connectivity index (χ0v) is 18.7. The number of fused-ring (bicyclic) bond motifs is 1. The Morgan fingerprint density at radius 2 is 1.87 bits per heavy atom. The van der Waals surface area contributed by atoms with Crippen LogP contribution in [0.1, 0.15) is 30.3 Å². The van der Waals surface area contributed by atoms with Gasteiger partial charge in [0.25, 0.3) is 5.91 Å². The second-order valence-electron chi connectivity index (χ2n) is 6.75. The maximum atomic E-state index is 12.6. The Bertz CT molecular complexity index is 1280. The minimum absolute atomic E-state index is 0.0642. The highest BCUT2D eigenvalue weighted by Gasteiger charge is 2.14. The van der Waals surface area contributed by atoms with Gasteiger partial charge in [0.15, 0.2) is 10.9 Å². The highest BCUT2D eigenvalue weighted by Crippen LogP contribution is 2.31. The SMILES string of the molecule is CCCC(=O)Nc1nc2ccc(NC(=O)c3ccc(-c4ccc(Cl)c(Cl)c4)o3)cc2s1. The summed E-state index contributed by atoms with van der Waals surface area (Å²) in [6.45, 7) is 1.94. The topological polar surface area (TPSA) is 84.2 Å². The van der Waals surface area contributed by atoms with Crippen LogP contribution in [-0.2, 0) is 4.79 Å². The van der Waals surface area contributed by atoms with E-state index < -0.39 is 0 Å². The Hall–Kier alpha value is -2.87. The van der Waals surface area contributed by atoms with Crippen molar-refractivity contribution in [2.45, 2.75) is 19.8 Å². The molecule has 6 nitrogen and oxygen atoms in total. The molecule has 2 aromatic carbocycles. The summed E-state index contributed by atoms with van der Waals surface area (Å²) in [5.74, 6) is 0.226. The molecule has 0 atom stereocenters. The molecular formula is C22H17Cl2N3O3S. The molecule has 4 aromatic rings. The summed E-state index contributed by atoms with van der Waals surface area (Å²) >= 11 is 13.3. The molecule has 0 unspecified atom stereocenters. The third kappa shape index (κ3) is 4.90. The first-order chi connectivity index (χ1) is 14.9. The predicted octanol–water partition coefficient (Wildman–Crippen LogP) is 6.85. The van der Waals surface area contributed by atoms with Crippen LogP contribution in [0.3, 0.4) is 0 Å². The van der Waals surface area contributed by atoms with Crippen LogP contribution in [-0.4, -0.2) is 16.8 Å². The fourth-order valence-corrected chi connectivity index (χ4v) is 4.14. The third-order valence-corrected chi connectivity index (χ3v) is 6.08. The quantitative estimate of drug-likeness (QED) is 0.320. The Morgan fingerprint density at radius 1 is 1.03 bits per heavy atom. The van der Waals surface area contributed by atoms with Crippen molar-refractivity contribution in [2.24, 2.45) is 0 Å². The van der Waals surface area contributed by atoms with Crippen molar-refractivity contribution in [1.82, 2.24) is 4.98 Å². The van der Waals surface area contributed by atoms with Gasteiger partial charge in [0.05, 0.1) is 20.3 Å². The molecule has 4 rings (SSSR count). The fraction of sp³-hybridized carbons (Fsp3) is 0.136. The van der Waals surface area contributed by atoms with Crippen LogP contribution in [0.4, 0.5) is 10.8 Å². The number of anilines is 2. The van der Waals surface area contributed by atoms with E-state index in [0.29, 0.717) is 33.0 Å². The molecule has 0 aliphatic heterocycles. The molecule has 9 heteroatoms. The number of furan rings is 1. The lowest BCUT2D eigenvalue weighted by Gasteiger charge is -2.03. The first kappa shape index (κ1) is 21.4. The first-order valence-corrected chi connectivity index (χ1v) is 11.1. The lowest BCUT2D eigenvalue weighted by atomic mass is 10.2. The van der Waals surface area contributed by atoms with Gasteiger partial charge in [-0.15, -0.1) is 0 Å². The van der Waals surface area contributed by atoms with E-state index >= 15 is 0 Å². The Balaban J connectivity index is 1.48. The van der Waals surface area contributed by atoms with Crippen molar-refractivity contribution in [3.05, 3.63) is 64.3 Å². The number of hydrogen-bond acceptors (Lipinski definition) is 5. The summed E-state index contributed by atoms with van der Waals surface area (Å²) in [6.07, 6.45) is 1.22. The first-order valence-electron chi connectivity index (χ1n) is 9.50. The molecule has 0 radical (unpaired) electrons. The fourth-order valence-electron chi connectivity index (χ4n) is 2.92. The number of thiazole rings is 1. The highest BCUT2D eigenvalue weighted by atomic mass is 35.5. The minimum atomic E-state index is -0.383. The van der Waals surface area contributed by atoms with Crippen LogP contribution in [0.15, 0.2) is 52.9 Å². The lowest BCUT2D eigenvalue weighted by molar-refractivity contribution is -0.116. The number of nitrogens with zero attached hydrogens (tertiary/aromatic N) is 1. The van der Waals surface area contributed by atoms with E-state index in [0.717, 1.165) is 22.2 Å². The number of carbonyl (C=O) groups is 2. The molecule has 0 fully saturated rings. The van der Waals surface area contributed by atoms with Crippen LogP contribution < -0.4 is 10.6 Å². The van der Waals surface area contributed by atoms with Crippen molar-refractivity contribution >= 4 is 67.4 Å². The maximum absolute atomic E-state index is 12.6. The van der Waals surface area contributed by atoms with Crippen LogP contribution in [0.2, 0.25) is 10.0 Å². The predicted molar refractivity (Wildman–Crippen MR) is 125 cm³/mol. The monoisotopic (exact) mass is 473 g/mol. The summed E-state index contributed by atoms with van der Waals surface area (Å²) in [6, 6.07) is 13.8. The Morgan fingerprint density at radius 3 is 2.65 bits per heavy atom. The van der Waals surface area contributed by atoms with E-state index in [1.807, 2.05) is 13.0 Å². The maximum Gasteiger partial charge on any atom is 0.291 e. The van der Waals surface area contributed by atoms with Gasteiger partial charge in [-0.3, -0.25) is 9.59 Å². The number of rotatable bonds is 6. The van der Waals surface area contributed by atoms with Crippen LogP contribution in [0.5, 0.6) is 0 Å². The van der Waals surface area contributed by atoms with Gasteiger partial charge in [-0.25, -0.2) is 4.98 Å². The second kappa shape index (κ2) is 9.09. The van der Waals surface area contributed by atoms with Crippen LogP contribution in [0, 0.1) is 0 Å². The minimum Gasteiger partial charge on any atom is -0.451 e. The summed E-state index contributed by atoms with van der Waals surface area (Å²) in [4.78, 5) is 28.8. The van der Waals surface area contributed by atoms with E-state index in [2.05, 4.69) is 15.6 Å². The molecule has 2 heterocycles. The second-order valence-corrected chi connectivity index (χ2v) is 8.59. The van der Waals surface area contributed by atoms with Gasteiger partial charge in [0.2, 0.25) is 5.91 Å². The zero-order chi connectivity index (χ0) is 22.0. The van der Waals surface area contributed by atoms with Gasteiger partial charge < -0.3 is 15.1 Å². The number of hydrogen-bond donors (Lipinski definition) is 2. The van der Waals surface area contributed by atoms with Gasteiger partial charge in [-0.1, -0.05) is 41.5 Å². The molecule has 0 spiro atoms. The van der Waals surface area contributed by atoms with Gasteiger partial charge in [0, 0.05) is 17.7 Å². The summed E-state index contributed by atoms with van der Waals surface area (Å²) in [5, 5.41) is 7.00. The Kier molecular flexibility index (Phi) is 6.27. The Labute approximate surface area is 192 Å². The van der Waals surface area contributed by atoms with E-state index in [1.54, 1.807) is 42.5 Å². The molecule has 0 saturated carbocycles. The number of benzene rings is 2. The van der Waals surface area contributed by atoms with Crippen molar-refractivity contribution in [3.8, 4) is 11.3 Å². The lowest BCUT2D eigenvalue weighted by Crippen LogP contribution is -2.10. The van der Waals surface area contributed by atoms with Crippen molar-refractivity contribution in [3.63, 3.8) is 0 Å². The molecule has 2 amide bonds. The average molecular weight is 474 g/mol. The van der Waals surface area contributed by atoms with Gasteiger partial charge in [-0.05, 0) is 55.0 Å². The largest absolute Gasteiger partial charge is 0.451 e. The molecule has 2 aromatic heterocycles. The number of nitrogens with one attached hydrogen (secondary N) is 2. The third-order valence-electron chi connectivity index (χ3n) is 4.40. The molecule has 0 aliphatic carbocycles. The molecule has 158 valence electrons. The van der Waals surface area contributed by atoms with Crippen molar-refractivity contribution < 1.29 is 14.0 Å². The van der Waals surface area contributed by atoms with Crippen molar-refractivity contribution in [1.29, 1.82) is 0 Å². The van der Waals surface area contributed by atoms with Gasteiger partial charge in [-0.2, -0.15) is 0 Å². The van der Waals surface area contributed by atoms with E-state index in [-0.39, 0.29) is 17.6 Å². The van der Waals surface area contributed by atoms with Crippen LogP contribution in [0.25, 0.3) is 21.5 Å². The van der Waals surface area contributed by atoms with Crippen molar-refractivity contribution in [2.75, 3.05) is 10.6 Å². The summed E-state index contributed by atoms with van der Waals surface area (Å²) in [7, 11) is 0. The summed E-state index contributed by atoms with van der Waals surface area (Å²) in [5.41, 5.74) is 2.06. The molecule has 31 heavy (non-hydrogen) atoms. The number of amides is 2. The summed E-state index contributed by atoms with van der Waals surface area (Å²) < 4.78 is 6.53. The molecule has 0 aliphatic rings. The zero-order valence-electron chi connectivity index (χ0n) is 16.4. The van der Waals surface area contributed by atoms with Crippen LogP contribution >= 0.6 is 34.5 Å². The number of halogens is 2. The normalized spacial score (nSPS) is 10.9. The molecule has 0 saturated heterocycles. The average Bonchev–Trinajstić information content (AvgIpc) is 3.37. The van der Waals surface area contributed by atoms with E-state index in [1.165, 1.54) is 11.3 Å².